The zero-order valence-electron chi connectivity index (χ0n) is 10.4. The Morgan fingerprint density at radius 3 is 3.00 bits per heavy atom. The molecule has 1 aromatic rings. The fraction of sp³-hybridized carbons (Fsp3) is 0.500. The lowest BCUT2D eigenvalue weighted by atomic mass is 9.87. The molecule has 0 aromatic heterocycles. The third-order valence-corrected chi connectivity index (χ3v) is 3.51. The highest BCUT2D eigenvalue weighted by atomic mass is 16.4. The van der Waals surface area contributed by atoms with Gasteiger partial charge in [-0.15, -0.1) is 0 Å². The summed E-state index contributed by atoms with van der Waals surface area (Å²) < 4.78 is 0. The number of carboxylic acid groups (broad SMARTS) is 1. The van der Waals surface area contributed by atoms with Crippen LogP contribution < -0.4 is 0 Å². The lowest BCUT2D eigenvalue weighted by Gasteiger charge is -2.28. The quantitative estimate of drug-likeness (QED) is 0.870. The lowest BCUT2D eigenvalue weighted by Crippen LogP contribution is -2.27. The van der Waals surface area contributed by atoms with E-state index in [0.29, 0.717) is 0 Å². The molecule has 3 heteroatoms. The zero-order chi connectivity index (χ0) is 12.4. The predicted molar refractivity (Wildman–Crippen MR) is 67.1 cm³/mol. The number of fused-ring (bicyclic) bond motifs is 1. The van der Waals surface area contributed by atoms with E-state index < -0.39 is 5.97 Å². The largest absolute Gasteiger partial charge is 0.481 e. The van der Waals surface area contributed by atoms with E-state index in [1.165, 1.54) is 16.7 Å². The molecule has 2 rings (SSSR count). The van der Waals surface area contributed by atoms with Gasteiger partial charge in [0.05, 0.1) is 6.42 Å². The van der Waals surface area contributed by atoms with Crippen molar-refractivity contribution in [3.8, 4) is 0 Å². The van der Waals surface area contributed by atoms with E-state index >= 15 is 0 Å². The van der Waals surface area contributed by atoms with Crippen molar-refractivity contribution in [3.63, 3.8) is 0 Å². The minimum absolute atomic E-state index is 0.0916. The highest BCUT2D eigenvalue weighted by Gasteiger charge is 2.20. The molecule has 0 bridgehead atoms. The predicted octanol–water partition coefficient (Wildman–Crippen LogP) is 2.25. The van der Waals surface area contributed by atoms with Gasteiger partial charge in [0, 0.05) is 13.1 Å². The van der Waals surface area contributed by atoms with E-state index in [0.717, 1.165) is 19.5 Å². The van der Waals surface area contributed by atoms with Gasteiger partial charge in [0.1, 0.15) is 0 Å². The number of hydrogen-bond acceptors (Lipinski definition) is 2. The molecule has 1 aliphatic heterocycles. The van der Waals surface area contributed by atoms with Crippen molar-refractivity contribution in [2.24, 2.45) is 0 Å². The third-order valence-electron chi connectivity index (χ3n) is 3.51. The van der Waals surface area contributed by atoms with Gasteiger partial charge in [-0.25, -0.2) is 0 Å². The maximum absolute atomic E-state index is 10.8. The highest BCUT2D eigenvalue weighted by Crippen LogP contribution is 2.29. The van der Waals surface area contributed by atoms with Gasteiger partial charge in [-0.3, -0.25) is 4.79 Å². The summed E-state index contributed by atoms with van der Waals surface area (Å²) in [5.74, 6) is -0.631. The molecular formula is C14H19NO2. The molecule has 92 valence electrons. The number of nitrogens with zero attached hydrogens (tertiary/aromatic N) is 1. The summed E-state index contributed by atoms with van der Waals surface area (Å²) >= 11 is 0. The molecule has 3 nitrogen and oxygen atoms in total. The molecule has 0 spiro atoms. The summed E-state index contributed by atoms with van der Waals surface area (Å²) in [5, 5.41) is 8.89. The van der Waals surface area contributed by atoms with Crippen LogP contribution in [0.4, 0.5) is 0 Å². The minimum atomic E-state index is -0.723. The van der Waals surface area contributed by atoms with E-state index in [1.807, 2.05) is 6.92 Å². The Morgan fingerprint density at radius 1 is 1.53 bits per heavy atom. The Bertz CT molecular complexity index is 428. The van der Waals surface area contributed by atoms with Crippen LogP contribution in [0.1, 0.15) is 36.0 Å². The van der Waals surface area contributed by atoms with Gasteiger partial charge < -0.3 is 10.0 Å². The van der Waals surface area contributed by atoms with Crippen LogP contribution in [0.2, 0.25) is 0 Å². The fourth-order valence-electron chi connectivity index (χ4n) is 2.58. The Morgan fingerprint density at radius 2 is 2.29 bits per heavy atom. The molecule has 1 atom stereocenters. The fourth-order valence-corrected chi connectivity index (χ4v) is 2.58. The van der Waals surface area contributed by atoms with Gasteiger partial charge in [-0.05, 0) is 36.1 Å². The van der Waals surface area contributed by atoms with Gasteiger partial charge in [-0.1, -0.05) is 25.1 Å². The number of benzene rings is 1. The topological polar surface area (TPSA) is 40.5 Å². The number of rotatable bonds is 3. The average molecular weight is 233 g/mol. The molecule has 0 amide bonds. The smallest absolute Gasteiger partial charge is 0.303 e. The summed E-state index contributed by atoms with van der Waals surface area (Å²) in [6, 6.07) is 6.29. The van der Waals surface area contributed by atoms with Crippen LogP contribution in [0.15, 0.2) is 18.2 Å². The highest BCUT2D eigenvalue weighted by molar-refractivity contribution is 5.68. The first-order valence-corrected chi connectivity index (χ1v) is 6.09. The summed E-state index contributed by atoms with van der Waals surface area (Å²) in [5.41, 5.74) is 3.93. The summed E-state index contributed by atoms with van der Waals surface area (Å²) in [6.07, 6.45) is 1.28. The minimum Gasteiger partial charge on any atom is -0.481 e. The first-order valence-electron chi connectivity index (χ1n) is 6.09. The Labute approximate surface area is 102 Å². The lowest BCUT2D eigenvalue weighted by molar-refractivity contribution is -0.137. The molecule has 0 fully saturated rings. The van der Waals surface area contributed by atoms with Crippen molar-refractivity contribution in [3.05, 3.63) is 34.9 Å². The Kier molecular flexibility index (Phi) is 3.48. The van der Waals surface area contributed by atoms with Crippen molar-refractivity contribution >= 4 is 5.97 Å². The number of hydrogen-bond donors (Lipinski definition) is 1. The van der Waals surface area contributed by atoms with E-state index in [1.54, 1.807) is 0 Å². The van der Waals surface area contributed by atoms with E-state index in [2.05, 4.69) is 30.1 Å². The first kappa shape index (κ1) is 12.1. The molecule has 0 radical (unpaired) electrons. The van der Waals surface area contributed by atoms with Crippen molar-refractivity contribution in [2.75, 3.05) is 13.6 Å². The first-order chi connectivity index (χ1) is 8.08. The maximum Gasteiger partial charge on any atom is 0.303 e. The standard InChI is InChI=1S/C14H19NO2/c1-10(8-14(16)17)12-5-3-4-11-6-7-15(2)9-13(11)12/h3-5,10H,6-9H2,1-2H3,(H,16,17). The van der Waals surface area contributed by atoms with Crippen LogP contribution in [-0.2, 0) is 17.8 Å². The van der Waals surface area contributed by atoms with Crippen LogP contribution in [-0.4, -0.2) is 29.6 Å². The summed E-state index contributed by atoms with van der Waals surface area (Å²) in [6.45, 7) is 4.03. The van der Waals surface area contributed by atoms with Crippen LogP contribution >= 0.6 is 0 Å². The molecule has 1 heterocycles. The number of carbonyl (C=O) groups is 1. The van der Waals surface area contributed by atoms with Gasteiger partial charge in [0.25, 0.3) is 0 Å². The number of likely N-dealkylation sites (N-methyl/N-ethyl adjacent to an activating group) is 1. The van der Waals surface area contributed by atoms with Crippen molar-refractivity contribution in [1.82, 2.24) is 4.90 Å². The number of carboxylic acids is 1. The molecule has 0 saturated carbocycles. The van der Waals surface area contributed by atoms with E-state index in [4.69, 9.17) is 5.11 Å². The second-order valence-corrected chi connectivity index (χ2v) is 4.97. The molecule has 1 unspecified atom stereocenters. The zero-order valence-corrected chi connectivity index (χ0v) is 10.4. The molecular weight excluding hydrogens is 214 g/mol. The monoisotopic (exact) mass is 233 g/mol. The number of aliphatic carboxylic acids is 1. The van der Waals surface area contributed by atoms with Gasteiger partial charge in [0.2, 0.25) is 0 Å². The van der Waals surface area contributed by atoms with Crippen molar-refractivity contribution < 1.29 is 9.90 Å². The van der Waals surface area contributed by atoms with Crippen LogP contribution in [0, 0.1) is 0 Å². The summed E-state index contributed by atoms with van der Waals surface area (Å²) in [4.78, 5) is 13.1. The van der Waals surface area contributed by atoms with Crippen LogP contribution in [0.5, 0.6) is 0 Å². The Hall–Kier alpha value is -1.35. The molecule has 1 N–H and O–H groups in total. The third kappa shape index (κ3) is 2.67. The molecule has 17 heavy (non-hydrogen) atoms. The normalized spacial score (nSPS) is 17.5. The van der Waals surface area contributed by atoms with Crippen molar-refractivity contribution in [1.29, 1.82) is 0 Å². The maximum atomic E-state index is 10.8. The van der Waals surface area contributed by atoms with Gasteiger partial charge in [-0.2, -0.15) is 0 Å². The van der Waals surface area contributed by atoms with E-state index in [9.17, 15) is 4.79 Å². The molecule has 1 aliphatic rings. The van der Waals surface area contributed by atoms with Crippen molar-refractivity contribution in [2.45, 2.75) is 32.2 Å². The van der Waals surface area contributed by atoms with Crippen LogP contribution in [0.25, 0.3) is 0 Å². The van der Waals surface area contributed by atoms with Gasteiger partial charge in [0.15, 0.2) is 0 Å². The molecule has 0 aliphatic carbocycles. The average Bonchev–Trinajstić information content (AvgIpc) is 2.27. The second kappa shape index (κ2) is 4.88. The van der Waals surface area contributed by atoms with Crippen LogP contribution in [0.3, 0.4) is 0 Å². The van der Waals surface area contributed by atoms with Gasteiger partial charge >= 0.3 is 5.97 Å². The van der Waals surface area contributed by atoms with E-state index in [-0.39, 0.29) is 12.3 Å². The molecule has 0 saturated heterocycles. The molecule has 1 aromatic carbocycles. The second-order valence-electron chi connectivity index (χ2n) is 4.97. The Balaban J connectivity index is 2.31. The SMILES string of the molecule is CC(CC(=O)O)c1cccc2c1CN(C)CC2. The summed E-state index contributed by atoms with van der Waals surface area (Å²) in [7, 11) is 2.11.